The maximum atomic E-state index is 12.4. The van der Waals surface area contributed by atoms with Crippen LogP contribution in [0.2, 0.25) is 0 Å². The monoisotopic (exact) mass is 283 g/mol. The van der Waals surface area contributed by atoms with Gasteiger partial charge in [-0.05, 0) is 18.2 Å². The first-order chi connectivity index (χ1) is 10.1. The van der Waals surface area contributed by atoms with Gasteiger partial charge in [0.2, 0.25) is 0 Å². The van der Waals surface area contributed by atoms with Crippen LogP contribution in [0.25, 0.3) is 0 Å². The van der Waals surface area contributed by atoms with Crippen LogP contribution in [0.3, 0.4) is 0 Å². The molecule has 0 saturated carbocycles. The second-order valence-corrected chi connectivity index (χ2v) is 4.72. The molecule has 108 valence electrons. The molecule has 0 radical (unpaired) electrons. The third-order valence-electron chi connectivity index (χ3n) is 2.95. The molecule has 1 aromatic heterocycles. The second kappa shape index (κ2) is 6.73. The highest BCUT2D eigenvalue weighted by Gasteiger charge is 2.12. The van der Waals surface area contributed by atoms with Crippen LogP contribution in [0.15, 0.2) is 36.7 Å². The molecule has 5 nitrogen and oxygen atoms in total. The Kier molecular flexibility index (Phi) is 4.75. The number of carbonyl (C=O) groups excluding carboxylic acids is 1. The highest BCUT2D eigenvalue weighted by molar-refractivity contribution is 5.94. The average Bonchev–Trinajstić information content (AvgIpc) is 2.89. The minimum Gasteiger partial charge on any atom is -0.384 e. The van der Waals surface area contributed by atoms with Crippen molar-refractivity contribution in [3.8, 4) is 11.8 Å². The van der Waals surface area contributed by atoms with E-state index in [0.29, 0.717) is 17.7 Å². The van der Waals surface area contributed by atoms with Crippen molar-refractivity contribution in [3.05, 3.63) is 53.3 Å². The summed E-state index contributed by atoms with van der Waals surface area (Å²) >= 11 is 0. The molecule has 0 spiro atoms. The van der Waals surface area contributed by atoms with Gasteiger partial charge in [-0.3, -0.25) is 9.48 Å². The number of amides is 1. The van der Waals surface area contributed by atoms with Crippen molar-refractivity contribution in [2.75, 3.05) is 13.7 Å². The molecule has 0 atom stereocenters. The summed E-state index contributed by atoms with van der Waals surface area (Å²) in [6.07, 6.45) is 3.62. The van der Waals surface area contributed by atoms with Crippen molar-refractivity contribution >= 4 is 5.91 Å². The van der Waals surface area contributed by atoms with Gasteiger partial charge in [-0.25, -0.2) is 0 Å². The van der Waals surface area contributed by atoms with Crippen molar-refractivity contribution < 1.29 is 9.90 Å². The number of hydrogen-bond acceptors (Lipinski definition) is 3. The largest absolute Gasteiger partial charge is 0.384 e. The summed E-state index contributed by atoms with van der Waals surface area (Å²) in [6, 6.07) is 7.07. The van der Waals surface area contributed by atoms with Crippen LogP contribution in [0.5, 0.6) is 0 Å². The van der Waals surface area contributed by atoms with Gasteiger partial charge < -0.3 is 10.0 Å². The van der Waals surface area contributed by atoms with E-state index >= 15 is 0 Å². The fourth-order valence-corrected chi connectivity index (χ4v) is 1.99. The number of aliphatic hydroxyl groups excluding tert-OH is 1. The van der Waals surface area contributed by atoms with Crippen molar-refractivity contribution in [1.82, 2.24) is 14.7 Å². The molecule has 1 N–H and O–H groups in total. The minimum absolute atomic E-state index is 0.0773. The Morgan fingerprint density at radius 2 is 2.29 bits per heavy atom. The molecule has 0 unspecified atom stereocenters. The van der Waals surface area contributed by atoms with E-state index in [1.807, 2.05) is 13.2 Å². The predicted octanol–water partition coefficient (Wildman–Crippen LogP) is 1.04. The Bertz CT molecular complexity index is 695. The van der Waals surface area contributed by atoms with E-state index in [1.165, 1.54) is 0 Å². The van der Waals surface area contributed by atoms with Crippen LogP contribution in [0, 0.1) is 11.8 Å². The highest BCUT2D eigenvalue weighted by atomic mass is 16.2. The molecule has 0 aliphatic rings. The summed E-state index contributed by atoms with van der Waals surface area (Å²) in [6.45, 7) is 0.304. The third kappa shape index (κ3) is 3.94. The van der Waals surface area contributed by atoms with Gasteiger partial charge >= 0.3 is 0 Å². The zero-order valence-electron chi connectivity index (χ0n) is 12.1. The number of nitrogens with zero attached hydrogens (tertiary/aromatic N) is 3. The summed E-state index contributed by atoms with van der Waals surface area (Å²) in [5, 5.41) is 12.8. The summed E-state index contributed by atoms with van der Waals surface area (Å²) in [7, 11) is 3.59. The van der Waals surface area contributed by atoms with Gasteiger partial charge in [0.05, 0.1) is 6.20 Å². The van der Waals surface area contributed by atoms with Gasteiger partial charge in [-0.1, -0.05) is 17.9 Å². The molecule has 0 aliphatic heterocycles. The van der Waals surface area contributed by atoms with Crippen LogP contribution >= 0.6 is 0 Å². The lowest BCUT2D eigenvalue weighted by atomic mass is 10.1. The Labute approximate surface area is 123 Å². The van der Waals surface area contributed by atoms with Gasteiger partial charge in [-0.2, -0.15) is 5.10 Å². The van der Waals surface area contributed by atoms with E-state index in [4.69, 9.17) is 5.11 Å². The van der Waals surface area contributed by atoms with Gasteiger partial charge in [0.1, 0.15) is 6.61 Å². The topological polar surface area (TPSA) is 58.4 Å². The molecule has 21 heavy (non-hydrogen) atoms. The summed E-state index contributed by atoms with van der Waals surface area (Å²) in [4.78, 5) is 14.0. The zero-order chi connectivity index (χ0) is 15.2. The number of benzene rings is 1. The molecule has 1 aromatic carbocycles. The number of aromatic nitrogens is 2. The maximum Gasteiger partial charge on any atom is 0.253 e. The molecule has 0 bridgehead atoms. The van der Waals surface area contributed by atoms with Crippen molar-refractivity contribution in [1.29, 1.82) is 0 Å². The quantitative estimate of drug-likeness (QED) is 0.856. The number of hydrogen-bond donors (Lipinski definition) is 1. The lowest BCUT2D eigenvalue weighted by molar-refractivity contribution is 0.0785. The molecule has 1 heterocycles. The lowest BCUT2D eigenvalue weighted by Gasteiger charge is -2.16. The molecule has 2 rings (SSSR count). The molecular weight excluding hydrogens is 266 g/mol. The third-order valence-corrected chi connectivity index (χ3v) is 2.95. The van der Waals surface area contributed by atoms with Crippen molar-refractivity contribution in [2.24, 2.45) is 7.05 Å². The smallest absolute Gasteiger partial charge is 0.253 e. The van der Waals surface area contributed by atoms with Crippen LogP contribution in [0.4, 0.5) is 0 Å². The molecule has 0 saturated heterocycles. The number of aryl methyl sites for hydroxylation is 1. The van der Waals surface area contributed by atoms with Crippen molar-refractivity contribution in [2.45, 2.75) is 6.54 Å². The lowest BCUT2D eigenvalue weighted by Crippen LogP contribution is -2.26. The maximum absolute atomic E-state index is 12.4. The van der Waals surface area contributed by atoms with Gasteiger partial charge in [0.15, 0.2) is 0 Å². The first-order valence-electron chi connectivity index (χ1n) is 6.53. The second-order valence-electron chi connectivity index (χ2n) is 4.72. The van der Waals surface area contributed by atoms with E-state index in [1.54, 1.807) is 47.1 Å². The molecule has 0 aliphatic carbocycles. The van der Waals surface area contributed by atoms with Gasteiger partial charge in [-0.15, -0.1) is 0 Å². The number of aliphatic hydroxyl groups is 1. The fraction of sp³-hybridized carbons (Fsp3) is 0.250. The molecule has 2 aromatic rings. The van der Waals surface area contributed by atoms with E-state index in [0.717, 1.165) is 5.56 Å². The van der Waals surface area contributed by atoms with E-state index in [-0.39, 0.29) is 12.5 Å². The Morgan fingerprint density at radius 1 is 1.48 bits per heavy atom. The minimum atomic E-state index is -0.195. The normalized spacial score (nSPS) is 9.86. The van der Waals surface area contributed by atoms with Crippen LogP contribution in [0.1, 0.15) is 21.5 Å². The SMILES string of the molecule is CN(Cc1cnn(C)c1)C(=O)c1cccc(C#CCO)c1. The first kappa shape index (κ1) is 14.8. The predicted molar refractivity (Wildman–Crippen MR) is 79.4 cm³/mol. The standard InChI is InChI=1S/C16H17N3O2/c1-18(11-14-10-17-19(2)12-14)16(21)15-7-3-5-13(9-15)6-4-8-20/h3,5,7,9-10,12,20H,8,11H2,1-2H3. The van der Waals surface area contributed by atoms with E-state index in [2.05, 4.69) is 16.9 Å². The summed E-state index contributed by atoms with van der Waals surface area (Å²) in [5.74, 6) is 5.29. The molecular formula is C16H17N3O2. The summed E-state index contributed by atoms with van der Waals surface area (Å²) < 4.78 is 1.71. The number of rotatable bonds is 3. The molecule has 1 amide bonds. The Hall–Kier alpha value is -2.58. The van der Waals surface area contributed by atoms with Crippen LogP contribution < -0.4 is 0 Å². The zero-order valence-corrected chi connectivity index (χ0v) is 12.1. The van der Waals surface area contributed by atoms with E-state index < -0.39 is 0 Å². The highest BCUT2D eigenvalue weighted by Crippen LogP contribution is 2.10. The summed E-state index contributed by atoms with van der Waals surface area (Å²) in [5.41, 5.74) is 2.26. The molecule has 0 fully saturated rings. The van der Waals surface area contributed by atoms with E-state index in [9.17, 15) is 4.79 Å². The number of carbonyl (C=O) groups is 1. The Balaban J connectivity index is 2.11. The van der Waals surface area contributed by atoms with Crippen molar-refractivity contribution in [3.63, 3.8) is 0 Å². The molecule has 5 heteroatoms. The van der Waals surface area contributed by atoms with Gasteiger partial charge in [0.25, 0.3) is 5.91 Å². The average molecular weight is 283 g/mol. The van der Waals surface area contributed by atoms with Crippen LogP contribution in [-0.4, -0.2) is 39.3 Å². The fourth-order valence-electron chi connectivity index (χ4n) is 1.99. The Morgan fingerprint density at radius 3 is 2.95 bits per heavy atom. The van der Waals surface area contributed by atoms with Crippen LogP contribution in [-0.2, 0) is 13.6 Å². The van der Waals surface area contributed by atoms with Gasteiger partial charge in [0, 0.05) is 43.5 Å². The first-order valence-corrected chi connectivity index (χ1v) is 6.53.